The summed E-state index contributed by atoms with van der Waals surface area (Å²) in [7, 11) is 0. The van der Waals surface area contributed by atoms with Crippen molar-refractivity contribution in [1.82, 2.24) is 15.2 Å². The highest BCUT2D eigenvalue weighted by Gasteiger charge is 1.93. The fourth-order valence-corrected chi connectivity index (χ4v) is 0.847. The second-order valence-corrected chi connectivity index (χ2v) is 2.43. The smallest absolute Gasteiger partial charge is 0.207 e. The van der Waals surface area contributed by atoms with E-state index in [-0.39, 0.29) is 0 Å². The molecule has 5 heteroatoms. The second kappa shape index (κ2) is 2.98. The zero-order valence-corrected chi connectivity index (χ0v) is 6.28. The molecule has 1 rings (SSSR count). The molecule has 1 heterocycles. The van der Waals surface area contributed by atoms with E-state index in [4.69, 9.17) is 11.6 Å². The van der Waals surface area contributed by atoms with Gasteiger partial charge in [0.25, 0.3) is 0 Å². The summed E-state index contributed by atoms with van der Waals surface area (Å²) in [6.07, 6.45) is 3.27. The zero-order chi connectivity index (χ0) is 6.69. The molecule has 1 aromatic rings. The molecule has 1 aromatic heterocycles. The van der Waals surface area contributed by atoms with Gasteiger partial charge >= 0.3 is 0 Å². The highest BCUT2D eigenvalue weighted by Crippen LogP contribution is 2.08. The predicted molar refractivity (Wildman–Crippen MR) is 36.6 cm³/mol. The lowest BCUT2D eigenvalue weighted by molar-refractivity contribution is 0.841. The SMILES string of the molecule is CSc1nncc(Cl)n1. The zero-order valence-electron chi connectivity index (χ0n) is 4.71. The number of aromatic nitrogens is 3. The van der Waals surface area contributed by atoms with Crippen LogP contribution in [0.25, 0.3) is 0 Å². The van der Waals surface area contributed by atoms with Gasteiger partial charge in [0.2, 0.25) is 5.16 Å². The first-order valence-electron chi connectivity index (χ1n) is 2.22. The molecule has 0 unspecified atom stereocenters. The lowest BCUT2D eigenvalue weighted by Gasteiger charge is -1.89. The van der Waals surface area contributed by atoms with Crippen LogP contribution in [0.1, 0.15) is 0 Å². The van der Waals surface area contributed by atoms with E-state index in [0.717, 1.165) is 0 Å². The van der Waals surface area contributed by atoms with E-state index in [1.807, 2.05) is 6.26 Å². The van der Waals surface area contributed by atoms with E-state index in [2.05, 4.69) is 15.2 Å². The molecule has 0 bridgehead atoms. The highest BCUT2D eigenvalue weighted by atomic mass is 35.5. The minimum atomic E-state index is 0.384. The minimum Gasteiger partial charge on any atom is -0.207 e. The first-order chi connectivity index (χ1) is 4.33. The van der Waals surface area contributed by atoms with Crippen molar-refractivity contribution in [1.29, 1.82) is 0 Å². The van der Waals surface area contributed by atoms with Crippen molar-refractivity contribution in [2.75, 3.05) is 6.26 Å². The molecule has 0 radical (unpaired) electrons. The molecule has 0 spiro atoms. The third kappa shape index (κ3) is 1.80. The third-order valence-corrected chi connectivity index (χ3v) is 1.41. The Hall–Kier alpha value is -0.350. The van der Waals surface area contributed by atoms with Gasteiger partial charge in [-0.05, 0) is 6.26 Å². The Morgan fingerprint density at radius 3 is 2.89 bits per heavy atom. The van der Waals surface area contributed by atoms with Crippen LogP contribution in [0.4, 0.5) is 0 Å². The van der Waals surface area contributed by atoms with Gasteiger partial charge in [-0.15, -0.1) is 5.10 Å². The van der Waals surface area contributed by atoms with Gasteiger partial charge in [-0.3, -0.25) is 0 Å². The van der Waals surface area contributed by atoms with Gasteiger partial charge < -0.3 is 0 Å². The quantitative estimate of drug-likeness (QED) is 0.581. The first kappa shape index (κ1) is 6.77. The molecule has 0 aromatic carbocycles. The van der Waals surface area contributed by atoms with Gasteiger partial charge in [-0.2, -0.15) is 5.10 Å². The molecule has 9 heavy (non-hydrogen) atoms. The fourth-order valence-electron chi connectivity index (χ4n) is 0.355. The topological polar surface area (TPSA) is 38.7 Å². The van der Waals surface area contributed by atoms with Crippen LogP contribution in [0.3, 0.4) is 0 Å². The van der Waals surface area contributed by atoms with Crippen LogP contribution >= 0.6 is 23.4 Å². The van der Waals surface area contributed by atoms with Gasteiger partial charge in [0, 0.05) is 0 Å². The van der Waals surface area contributed by atoms with E-state index in [0.29, 0.717) is 10.3 Å². The Morgan fingerprint density at radius 2 is 2.44 bits per heavy atom. The number of hydrogen-bond donors (Lipinski definition) is 0. The van der Waals surface area contributed by atoms with Crippen LogP contribution in [0.15, 0.2) is 11.4 Å². The Labute approximate surface area is 61.9 Å². The molecule has 0 atom stereocenters. The predicted octanol–water partition coefficient (Wildman–Crippen LogP) is 1.25. The molecule has 0 aliphatic carbocycles. The normalized spacial score (nSPS) is 9.56. The van der Waals surface area contributed by atoms with E-state index in [9.17, 15) is 0 Å². The summed E-state index contributed by atoms with van der Waals surface area (Å²) in [5.41, 5.74) is 0. The number of thioether (sulfide) groups is 1. The molecule has 48 valence electrons. The maximum Gasteiger partial charge on any atom is 0.210 e. The van der Waals surface area contributed by atoms with E-state index in [1.165, 1.54) is 18.0 Å². The summed E-state index contributed by atoms with van der Waals surface area (Å²) in [6, 6.07) is 0. The molecular formula is C4H4ClN3S. The molecule has 0 fully saturated rings. The number of rotatable bonds is 1. The summed E-state index contributed by atoms with van der Waals surface area (Å²) in [5, 5.41) is 8.25. The largest absolute Gasteiger partial charge is 0.210 e. The summed E-state index contributed by atoms with van der Waals surface area (Å²) < 4.78 is 0. The fraction of sp³-hybridized carbons (Fsp3) is 0.250. The van der Waals surface area contributed by atoms with Crippen LogP contribution in [0.2, 0.25) is 5.15 Å². The van der Waals surface area contributed by atoms with Crippen molar-refractivity contribution in [3.63, 3.8) is 0 Å². The van der Waals surface area contributed by atoms with Crippen LogP contribution in [0.5, 0.6) is 0 Å². The molecule has 0 amide bonds. The second-order valence-electron chi connectivity index (χ2n) is 1.27. The Morgan fingerprint density at radius 1 is 1.67 bits per heavy atom. The molecular weight excluding hydrogens is 158 g/mol. The van der Waals surface area contributed by atoms with Gasteiger partial charge in [0.15, 0.2) is 5.15 Å². The monoisotopic (exact) mass is 161 g/mol. The lowest BCUT2D eigenvalue weighted by atomic mass is 10.9. The van der Waals surface area contributed by atoms with Crippen LogP contribution in [0, 0.1) is 0 Å². The Bertz CT molecular complexity index is 205. The minimum absolute atomic E-state index is 0.384. The molecule has 0 N–H and O–H groups in total. The average Bonchev–Trinajstić information content (AvgIpc) is 1.88. The van der Waals surface area contributed by atoms with Crippen LogP contribution < -0.4 is 0 Å². The van der Waals surface area contributed by atoms with Crippen molar-refractivity contribution in [3.8, 4) is 0 Å². The van der Waals surface area contributed by atoms with Crippen molar-refractivity contribution in [2.24, 2.45) is 0 Å². The molecule has 0 saturated heterocycles. The summed E-state index contributed by atoms with van der Waals surface area (Å²) in [4.78, 5) is 3.85. The van der Waals surface area contributed by atoms with Gasteiger partial charge in [-0.25, -0.2) is 4.98 Å². The third-order valence-electron chi connectivity index (χ3n) is 0.693. The van der Waals surface area contributed by atoms with Crippen molar-refractivity contribution in [3.05, 3.63) is 11.3 Å². The van der Waals surface area contributed by atoms with Gasteiger partial charge in [0.1, 0.15) is 0 Å². The lowest BCUT2D eigenvalue weighted by Crippen LogP contribution is -1.87. The molecule has 3 nitrogen and oxygen atoms in total. The Balaban J connectivity index is 2.94. The van der Waals surface area contributed by atoms with Gasteiger partial charge in [0.05, 0.1) is 6.20 Å². The van der Waals surface area contributed by atoms with Crippen molar-refractivity contribution >= 4 is 23.4 Å². The van der Waals surface area contributed by atoms with E-state index in [1.54, 1.807) is 0 Å². The maximum atomic E-state index is 5.50. The summed E-state index contributed by atoms with van der Waals surface area (Å²) >= 11 is 6.91. The van der Waals surface area contributed by atoms with Crippen LogP contribution in [-0.4, -0.2) is 21.4 Å². The van der Waals surface area contributed by atoms with Gasteiger partial charge in [-0.1, -0.05) is 23.4 Å². The first-order valence-corrected chi connectivity index (χ1v) is 3.82. The number of hydrogen-bond acceptors (Lipinski definition) is 4. The number of nitrogens with zero attached hydrogens (tertiary/aromatic N) is 3. The maximum absolute atomic E-state index is 5.50. The molecule has 0 saturated carbocycles. The van der Waals surface area contributed by atoms with Crippen LogP contribution in [-0.2, 0) is 0 Å². The van der Waals surface area contributed by atoms with E-state index >= 15 is 0 Å². The molecule has 0 aliphatic heterocycles. The summed E-state index contributed by atoms with van der Waals surface area (Å²) in [5.74, 6) is 0. The Kier molecular flexibility index (Phi) is 2.24. The summed E-state index contributed by atoms with van der Waals surface area (Å²) in [6.45, 7) is 0. The highest BCUT2D eigenvalue weighted by molar-refractivity contribution is 7.98. The standard InChI is InChI=1S/C4H4ClN3S/c1-9-4-7-3(5)2-6-8-4/h2H,1H3. The van der Waals surface area contributed by atoms with Crippen molar-refractivity contribution < 1.29 is 0 Å². The molecule has 0 aliphatic rings. The number of halogens is 1. The van der Waals surface area contributed by atoms with E-state index < -0.39 is 0 Å². The van der Waals surface area contributed by atoms with Crippen molar-refractivity contribution in [2.45, 2.75) is 5.16 Å². The average molecular weight is 162 g/mol.